The molecule has 1 aromatic rings. The second kappa shape index (κ2) is 3.23. The minimum atomic E-state index is -2.41. The summed E-state index contributed by atoms with van der Waals surface area (Å²) in [5, 5.41) is 0. The summed E-state index contributed by atoms with van der Waals surface area (Å²) in [7, 11) is 0. The molecule has 0 saturated heterocycles. The lowest BCUT2D eigenvalue weighted by Gasteiger charge is -2.23. The van der Waals surface area contributed by atoms with Gasteiger partial charge in [-0.05, 0) is 43.2 Å². The predicted molar refractivity (Wildman–Crippen MR) is 57.7 cm³/mol. The second-order valence-corrected chi connectivity index (χ2v) is 3.82. The Bertz CT molecular complexity index is 555. The van der Waals surface area contributed by atoms with Crippen LogP contribution in [0, 0.1) is 19.6 Å². The van der Waals surface area contributed by atoms with Crippen molar-refractivity contribution in [3.63, 3.8) is 0 Å². The average molecular weight is 194 g/mol. The van der Waals surface area contributed by atoms with Crippen LogP contribution in [0.15, 0.2) is 12.1 Å². The maximum Gasteiger partial charge on any atom is 0.166 e. The third-order valence-electron chi connectivity index (χ3n) is 2.83. The van der Waals surface area contributed by atoms with Gasteiger partial charge < -0.3 is 0 Å². The van der Waals surface area contributed by atoms with Crippen molar-refractivity contribution in [3.05, 3.63) is 34.4 Å². The molecular formula is C13H16O. The Labute approximate surface area is 93.6 Å². The van der Waals surface area contributed by atoms with Gasteiger partial charge in [0.05, 0.1) is 0 Å². The quantitative estimate of drug-likeness (QED) is 0.620. The van der Waals surface area contributed by atoms with E-state index in [1.54, 1.807) is 6.92 Å². The van der Waals surface area contributed by atoms with Gasteiger partial charge in [-0.25, -0.2) is 0 Å². The molecule has 0 spiro atoms. The van der Waals surface area contributed by atoms with Gasteiger partial charge in [0, 0.05) is 19.7 Å². The molecule has 0 fully saturated rings. The molecule has 0 N–H and O–H groups in total. The number of rotatable bonds is 0. The summed E-state index contributed by atoms with van der Waals surface area (Å²) in [4.78, 5) is 12.3. The van der Waals surface area contributed by atoms with Gasteiger partial charge in [0.25, 0.3) is 0 Å². The molecule has 1 aliphatic carbocycles. The van der Waals surface area contributed by atoms with Crippen LogP contribution in [-0.2, 0) is 6.42 Å². The fraction of sp³-hybridized carbons (Fsp3) is 0.462. The van der Waals surface area contributed by atoms with Gasteiger partial charge in [0.15, 0.2) is 5.78 Å². The lowest BCUT2D eigenvalue weighted by atomic mass is 9.80. The van der Waals surface area contributed by atoms with Crippen LogP contribution < -0.4 is 0 Å². The highest BCUT2D eigenvalue weighted by Crippen LogP contribution is 2.29. The lowest BCUT2D eigenvalue weighted by Crippen LogP contribution is -2.22. The molecule has 1 aliphatic rings. The number of carbonyl (C=O) groups is 1. The summed E-state index contributed by atoms with van der Waals surface area (Å²) < 4.78 is 45.2. The maximum atomic E-state index is 12.3. The topological polar surface area (TPSA) is 17.1 Å². The van der Waals surface area contributed by atoms with E-state index in [-0.39, 0.29) is 28.4 Å². The van der Waals surface area contributed by atoms with Gasteiger partial charge in [0.1, 0.15) is 0 Å². The Morgan fingerprint density at radius 1 is 1.36 bits per heavy atom. The number of hydrogen-bond donors (Lipinski definition) is 0. The monoisotopic (exact) mass is 194 g/mol. The zero-order valence-electron chi connectivity index (χ0n) is 14.1. The average Bonchev–Trinajstić information content (AvgIpc) is 2.30. The molecule has 1 heteroatoms. The van der Waals surface area contributed by atoms with E-state index in [0.717, 1.165) is 0 Å². The maximum absolute atomic E-state index is 12.3. The van der Waals surface area contributed by atoms with Crippen molar-refractivity contribution in [1.82, 2.24) is 0 Å². The van der Waals surface area contributed by atoms with Crippen molar-refractivity contribution in [3.8, 4) is 0 Å². The van der Waals surface area contributed by atoms with E-state index in [1.165, 1.54) is 12.1 Å². The van der Waals surface area contributed by atoms with Gasteiger partial charge in [-0.15, -0.1) is 0 Å². The van der Waals surface area contributed by atoms with E-state index >= 15 is 0 Å². The third kappa shape index (κ3) is 1.28. The fourth-order valence-corrected chi connectivity index (χ4v) is 1.93. The molecule has 0 saturated carbocycles. The normalized spacial score (nSPS) is 28.9. The molecule has 1 nitrogen and oxygen atoms in total. The van der Waals surface area contributed by atoms with Crippen LogP contribution in [0.4, 0.5) is 0 Å². The molecule has 0 amide bonds. The minimum Gasteiger partial charge on any atom is -0.294 e. The molecule has 0 radical (unpaired) electrons. The minimum absolute atomic E-state index is 0.0305. The standard InChI is InChI=1S/C13H16O/c1-8-4-5-9(2)12-11(8)7-6-10(3)13(12)14/h4-5,10H,6-7H2,1-3H3/i1D3,2D3. The van der Waals surface area contributed by atoms with Crippen LogP contribution in [-0.4, -0.2) is 5.78 Å². The molecule has 0 bridgehead atoms. The summed E-state index contributed by atoms with van der Waals surface area (Å²) in [5.74, 6) is -0.529. The van der Waals surface area contributed by atoms with Crippen LogP contribution in [0.5, 0.6) is 0 Å². The first kappa shape index (κ1) is 4.61. The highest BCUT2D eigenvalue weighted by atomic mass is 16.1. The zero-order chi connectivity index (χ0) is 15.3. The van der Waals surface area contributed by atoms with Crippen LogP contribution in [0.3, 0.4) is 0 Å². The fourth-order valence-electron chi connectivity index (χ4n) is 1.93. The summed E-state index contributed by atoms with van der Waals surface area (Å²) in [6, 6.07) is 2.60. The number of carbonyl (C=O) groups excluding carboxylic acids is 1. The molecule has 2 rings (SSSR count). The molecule has 74 valence electrons. The number of fused-ring (bicyclic) bond motifs is 1. The van der Waals surface area contributed by atoms with E-state index < -0.39 is 13.7 Å². The molecule has 0 heterocycles. The predicted octanol–water partition coefficient (Wildman–Crippen LogP) is 3.07. The van der Waals surface area contributed by atoms with Gasteiger partial charge in [0.2, 0.25) is 0 Å². The van der Waals surface area contributed by atoms with Gasteiger partial charge >= 0.3 is 0 Å². The van der Waals surface area contributed by atoms with Crippen molar-refractivity contribution in [2.75, 3.05) is 0 Å². The Morgan fingerprint density at radius 2 is 2.07 bits per heavy atom. The summed E-state index contributed by atoms with van der Waals surface area (Å²) in [6.45, 7) is -3.00. The Balaban J connectivity index is 2.76. The van der Waals surface area contributed by atoms with Gasteiger partial charge in [-0.2, -0.15) is 0 Å². The van der Waals surface area contributed by atoms with Crippen LogP contribution >= 0.6 is 0 Å². The Kier molecular flexibility index (Phi) is 1.06. The molecule has 1 unspecified atom stereocenters. The van der Waals surface area contributed by atoms with Crippen LogP contribution in [0.25, 0.3) is 0 Å². The van der Waals surface area contributed by atoms with Crippen molar-refractivity contribution >= 4 is 5.78 Å². The van der Waals surface area contributed by atoms with E-state index in [4.69, 9.17) is 8.22 Å². The van der Waals surface area contributed by atoms with Gasteiger partial charge in [-0.3, -0.25) is 4.79 Å². The number of Topliss-reactive ketones (excluding diaryl/α,β-unsaturated/α-hetero) is 1. The molecule has 0 aliphatic heterocycles. The molecule has 14 heavy (non-hydrogen) atoms. The summed E-state index contributed by atoms with van der Waals surface area (Å²) >= 11 is 0. The van der Waals surface area contributed by atoms with Crippen LogP contribution in [0.2, 0.25) is 0 Å². The largest absolute Gasteiger partial charge is 0.294 e. The number of ketones is 1. The smallest absolute Gasteiger partial charge is 0.166 e. The first-order valence-corrected chi connectivity index (χ1v) is 4.74. The first-order chi connectivity index (χ1) is 9.03. The van der Waals surface area contributed by atoms with Gasteiger partial charge in [-0.1, -0.05) is 19.1 Å². The SMILES string of the molecule is [2H]C([2H])([2H])c1ccc(C([2H])([2H])[2H])c2c1CCC(C)C2=O. The van der Waals surface area contributed by atoms with Crippen molar-refractivity contribution in [1.29, 1.82) is 0 Å². The van der Waals surface area contributed by atoms with E-state index in [9.17, 15) is 4.79 Å². The van der Waals surface area contributed by atoms with Crippen LogP contribution in [0.1, 0.15) is 48.6 Å². The summed E-state index contributed by atoms with van der Waals surface area (Å²) in [6.07, 6.45) is 0.985. The second-order valence-electron chi connectivity index (χ2n) is 3.82. The first-order valence-electron chi connectivity index (χ1n) is 7.74. The van der Waals surface area contributed by atoms with Crippen molar-refractivity contribution < 1.29 is 13.0 Å². The van der Waals surface area contributed by atoms with E-state index in [2.05, 4.69) is 0 Å². The molecule has 1 atom stereocenters. The zero-order valence-corrected chi connectivity index (χ0v) is 8.05. The highest BCUT2D eigenvalue weighted by Gasteiger charge is 2.26. The molecule has 0 aromatic heterocycles. The lowest BCUT2D eigenvalue weighted by molar-refractivity contribution is 0.0912. The van der Waals surface area contributed by atoms with E-state index in [0.29, 0.717) is 18.4 Å². The Hall–Kier alpha value is -1.11. The Morgan fingerprint density at radius 3 is 2.79 bits per heavy atom. The third-order valence-corrected chi connectivity index (χ3v) is 2.83. The van der Waals surface area contributed by atoms with Crippen molar-refractivity contribution in [2.45, 2.75) is 33.5 Å². The number of aryl methyl sites for hydroxylation is 2. The number of hydrogen-bond acceptors (Lipinski definition) is 1. The summed E-state index contributed by atoms with van der Waals surface area (Å²) in [5.41, 5.74) is 0.567. The van der Waals surface area contributed by atoms with Crippen molar-refractivity contribution in [2.24, 2.45) is 5.92 Å². The highest BCUT2D eigenvalue weighted by molar-refractivity contribution is 6.01. The van der Waals surface area contributed by atoms with E-state index in [1.807, 2.05) is 0 Å². The molecular weight excluding hydrogens is 172 g/mol. The number of benzene rings is 1. The molecule has 1 aromatic carbocycles.